The first-order chi connectivity index (χ1) is 12.0. The zero-order valence-corrected chi connectivity index (χ0v) is 12.9. The van der Waals surface area contributed by atoms with E-state index in [1.54, 1.807) is 19.1 Å². The lowest BCUT2D eigenvalue weighted by Crippen LogP contribution is -2.17. The Bertz CT molecular complexity index is 948. The summed E-state index contributed by atoms with van der Waals surface area (Å²) >= 11 is 0. The molecule has 3 aromatic rings. The van der Waals surface area contributed by atoms with E-state index in [1.807, 2.05) is 0 Å². The summed E-state index contributed by atoms with van der Waals surface area (Å²) in [4.78, 5) is 24.4. The first-order valence-corrected chi connectivity index (χ1v) is 7.14. The number of hydrogen-bond donors (Lipinski definition) is 1. The molecule has 0 saturated heterocycles. The quantitative estimate of drug-likeness (QED) is 0.738. The van der Waals surface area contributed by atoms with Crippen LogP contribution in [0.2, 0.25) is 0 Å². The van der Waals surface area contributed by atoms with Gasteiger partial charge < -0.3 is 5.32 Å². The van der Waals surface area contributed by atoms with Gasteiger partial charge in [0.15, 0.2) is 11.6 Å². The van der Waals surface area contributed by atoms with Gasteiger partial charge in [-0.1, -0.05) is 6.07 Å². The van der Waals surface area contributed by atoms with Gasteiger partial charge in [0.1, 0.15) is 17.8 Å². The molecule has 1 N–H and O–H groups in total. The van der Waals surface area contributed by atoms with Crippen LogP contribution in [0.1, 0.15) is 16.1 Å². The molecule has 5 nitrogen and oxygen atoms in total. The van der Waals surface area contributed by atoms with Crippen molar-refractivity contribution in [2.45, 2.75) is 6.92 Å². The van der Waals surface area contributed by atoms with Crippen molar-refractivity contribution in [1.29, 1.82) is 0 Å². The normalized spacial score (nSPS) is 10.6. The second-order valence-corrected chi connectivity index (χ2v) is 5.19. The number of rotatable bonds is 3. The largest absolute Gasteiger partial charge is 0.318 e. The summed E-state index contributed by atoms with van der Waals surface area (Å²) in [6.07, 6.45) is 4.42. The summed E-state index contributed by atoms with van der Waals surface area (Å²) in [6, 6.07) is 4.28. The molecule has 0 fully saturated rings. The van der Waals surface area contributed by atoms with E-state index in [0.29, 0.717) is 29.0 Å². The van der Waals surface area contributed by atoms with Gasteiger partial charge in [-0.3, -0.25) is 4.79 Å². The Kier molecular flexibility index (Phi) is 4.42. The number of amides is 1. The van der Waals surface area contributed by atoms with Gasteiger partial charge in [0.05, 0.1) is 11.4 Å². The van der Waals surface area contributed by atoms with Crippen molar-refractivity contribution < 1.29 is 18.0 Å². The smallest absolute Gasteiger partial charge is 0.274 e. The van der Waals surface area contributed by atoms with E-state index in [2.05, 4.69) is 20.3 Å². The number of anilines is 1. The Balaban J connectivity index is 1.94. The number of halogens is 3. The molecule has 3 rings (SSSR count). The number of aromatic nitrogens is 3. The van der Waals surface area contributed by atoms with Gasteiger partial charge in [0.25, 0.3) is 5.91 Å². The number of carbonyl (C=O) groups excluding carboxylic acids is 1. The Morgan fingerprint density at radius 3 is 2.40 bits per heavy atom. The molecule has 0 aliphatic carbocycles. The number of pyridine rings is 1. The SMILES string of the molecule is Cc1ccc(-c2cncnc2)nc1C(=O)Nc1cc(F)c(F)cc1F. The molecule has 2 heterocycles. The third-order valence-corrected chi connectivity index (χ3v) is 3.43. The molecule has 0 radical (unpaired) electrons. The van der Waals surface area contributed by atoms with E-state index in [1.165, 1.54) is 18.7 Å². The second kappa shape index (κ2) is 6.68. The van der Waals surface area contributed by atoms with Crippen molar-refractivity contribution in [3.63, 3.8) is 0 Å². The first kappa shape index (κ1) is 16.6. The first-order valence-electron chi connectivity index (χ1n) is 7.14. The highest BCUT2D eigenvalue weighted by atomic mass is 19.2. The van der Waals surface area contributed by atoms with Crippen molar-refractivity contribution in [1.82, 2.24) is 15.0 Å². The molecule has 0 atom stereocenters. The Hall–Kier alpha value is -3.29. The van der Waals surface area contributed by atoms with Crippen LogP contribution in [0.15, 0.2) is 43.0 Å². The molecular formula is C17H11F3N4O. The summed E-state index contributed by atoms with van der Waals surface area (Å²) in [6.45, 7) is 1.65. The Labute approximate surface area is 140 Å². The van der Waals surface area contributed by atoms with Crippen LogP contribution in [0.3, 0.4) is 0 Å². The van der Waals surface area contributed by atoms with Crippen LogP contribution in [-0.2, 0) is 0 Å². The topological polar surface area (TPSA) is 67.8 Å². The Morgan fingerprint density at radius 1 is 1.00 bits per heavy atom. The van der Waals surface area contributed by atoms with E-state index in [9.17, 15) is 18.0 Å². The van der Waals surface area contributed by atoms with Gasteiger partial charge in [0, 0.05) is 30.1 Å². The molecule has 1 aromatic carbocycles. The molecule has 25 heavy (non-hydrogen) atoms. The molecule has 0 spiro atoms. The number of benzene rings is 1. The molecule has 8 heteroatoms. The Morgan fingerprint density at radius 2 is 1.68 bits per heavy atom. The summed E-state index contributed by atoms with van der Waals surface area (Å²) in [7, 11) is 0. The van der Waals surface area contributed by atoms with Crippen molar-refractivity contribution in [3.8, 4) is 11.3 Å². The lowest BCUT2D eigenvalue weighted by atomic mass is 10.1. The van der Waals surface area contributed by atoms with Gasteiger partial charge >= 0.3 is 0 Å². The maximum Gasteiger partial charge on any atom is 0.274 e. The molecule has 0 saturated carbocycles. The van der Waals surface area contributed by atoms with Gasteiger partial charge in [-0.25, -0.2) is 28.1 Å². The predicted molar refractivity (Wildman–Crippen MR) is 84.3 cm³/mol. The monoisotopic (exact) mass is 344 g/mol. The van der Waals surface area contributed by atoms with Gasteiger partial charge in [-0.05, 0) is 18.6 Å². The summed E-state index contributed by atoms with van der Waals surface area (Å²) < 4.78 is 39.9. The maximum absolute atomic E-state index is 13.7. The van der Waals surface area contributed by atoms with Gasteiger partial charge in [-0.15, -0.1) is 0 Å². The number of aryl methyl sites for hydroxylation is 1. The molecular weight excluding hydrogens is 333 g/mol. The summed E-state index contributed by atoms with van der Waals surface area (Å²) in [5.74, 6) is -4.44. The molecule has 0 unspecified atom stereocenters. The minimum Gasteiger partial charge on any atom is -0.318 e. The van der Waals surface area contributed by atoms with E-state index in [4.69, 9.17) is 0 Å². The van der Waals surface area contributed by atoms with Crippen LogP contribution in [0.25, 0.3) is 11.3 Å². The zero-order valence-electron chi connectivity index (χ0n) is 12.9. The van der Waals surface area contributed by atoms with E-state index < -0.39 is 29.0 Å². The average molecular weight is 344 g/mol. The average Bonchev–Trinajstić information content (AvgIpc) is 2.60. The number of carbonyl (C=O) groups is 1. The highest BCUT2D eigenvalue weighted by molar-refractivity contribution is 6.04. The van der Waals surface area contributed by atoms with Crippen LogP contribution >= 0.6 is 0 Å². The molecule has 0 aliphatic heterocycles. The lowest BCUT2D eigenvalue weighted by Gasteiger charge is -2.10. The number of nitrogens with one attached hydrogen (secondary N) is 1. The van der Waals surface area contributed by atoms with E-state index >= 15 is 0 Å². The molecule has 126 valence electrons. The fourth-order valence-electron chi connectivity index (χ4n) is 2.15. The molecule has 0 aliphatic rings. The van der Waals surface area contributed by atoms with E-state index in [0.717, 1.165) is 0 Å². The van der Waals surface area contributed by atoms with Crippen LogP contribution in [-0.4, -0.2) is 20.9 Å². The molecule has 0 bridgehead atoms. The van der Waals surface area contributed by atoms with Crippen molar-refractivity contribution >= 4 is 11.6 Å². The van der Waals surface area contributed by atoms with Crippen molar-refractivity contribution in [3.05, 3.63) is 71.7 Å². The highest BCUT2D eigenvalue weighted by Gasteiger charge is 2.17. The van der Waals surface area contributed by atoms with Crippen molar-refractivity contribution in [2.75, 3.05) is 5.32 Å². The number of hydrogen-bond acceptors (Lipinski definition) is 4. The van der Waals surface area contributed by atoms with Crippen molar-refractivity contribution in [2.24, 2.45) is 0 Å². The van der Waals surface area contributed by atoms with Gasteiger partial charge in [-0.2, -0.15) is 0 Å². The van der Waals surface area contributed by atoms with Gasteiger partial charge in [0.2, 0.25) is 0 Å². The zero-order chi connectivity index (χ0) is 18.0. The van der Waals surface area contributed by atoms with Crippen LogP contribution in [0.4, 0.5) is 18.9 Å². The molecule has 2 aromatic heterocycles. The second-order valence-electron chi connectivity index (χ2n) is 5.19. The molecule has 1 amide bonds. The fraction of sp³-hybridized carbons (Fsp3) is 0.0588. The lowest BCUT2D eigenvalue weighted by molar-refractivity contribution is 0.102. The predicted octanol–water partition coefficient (Wildman–Crippen LogP) is 3.52. The number of nitrogens with zero attached hydrogens (tertiary/aromatic N) is 3. The fourth-order valence-corrected chi connectivity index (χ4v) is 2.15. The highest BCUT2D eigenvalue weighted by Crippen LogP contribution is 2.21. The third kappa shape index (κ3) is 3.47. The minimum atomic E-state index is -1.34. The van der Waals surface area contributed by atoms with Crippen LogP contribution < -0.4 is 5.32 Å². The third-order valence-electron chi connectivity index (χ3n) is 3.43. The minimum absolute atomic E-state index is 0.0190. The standard InChI is InChI=1S/C17H11F3N4O/c1-9-2-3-14(10-6-21-8-22-7-10)23-16(9)17(25)24-15-5-12(19)11(18)4-13(15)20/h2-8H,1H3,(H,24,25). The van der Waals surface area contributed by atoms with Crippen LogP contribution in [0, 0.1) is 24.4 Å². The maximum atomic E-state index is 13.7. The summed E-state index contributed by atoms with van der Waals surface area (Å²) in [5, 5.41) is 2.20. The van der Waals surface area contributed by atoms with Crippen LogP contribution in [0.5, 0.6) is 0 Å². The summed E-state index contributed by atoms with van der Waals surface area (Å²) in [5.41, 5.74) is 1.11. The van der Waals surface area contributed by atoms with E-state index in [-0.39, 0.29) is 5.69 Å².